The van der Waals surface area contributed by atoms with E-state index in [0.717, 1.165) is 27.6 Å². The summed E-state index contributed by atoms with van der Waals surface area (Å²) in [6.45, 7) is 4.00. The van der Waals surface area contributed by atoms with Gasteiger partial charge in [-0.3, -0.25) is 4.68 Å². The molecule has 2 aromatic carbocycles. The Balaban J connectivity index is 2.08. The first kappa shape index (κ1) is 12.9. The lowest BCUT2D eigenvalue weighted by Crippen LogP contribution is -1.93. The standard InChI is InChI=1S/C17H17FN2/c1-11(2)15-6-4-13(9-16(15)18)12-5-7-17-14(8-12)10-19-20(17)3/h4-11H,1-3H3. The molecular formula is C17H17FN2. The molecule has 0 unspecified atom stereocenters. The van der Waals surface area contributed by atoms with Gasteiger partial charge in [0, 0.05) is 12.4 Å². The van der Waals surface area contributed by atoms with E-state index in [1.807, 2.05) is 62.1 Å². The molecule has 20 heavy (non-hydrogen) atoms. The quantitative estimate of drug-likeness (QED) is 0.669. The highest BCUT2D eigenvalue weighted by Gasteiger charge is 2.09. The van der Waals surface area contributed by atoms with Crippen LogP contribution < -0.4 is 0 Å². The molecule has 0 bridgehead atoms. The van der Waals surface area contributed by atoms with Crippen LogP contribution in [0.1, 0.15) is 25.3 Å². The van der Waals surface area contributed by atoms with E-state index in [-0.39, 0.29) is 11.7 Å². The van der Waals surface area contributed by atoms with Crippen molar-refractivity contribution in [3.05, 3.63) is 54.0 Å². The Labute approximate surface area is 117 Å². The summed E-state index contributed by atoms with van der Waals surface area (Å²) in [7, 11) is 1.92. The number of benzene rings is 2. The van der Waals surface area contributed by atoms with Crippen molar-refractivity contribution >= 4 is 10.9 Å². The molecule has 0 atom stereocenters. The van der Waals surface area contributed by atoms with Crippen LogP contribution in [0.5, 0.6) is 0 Å². The Hall–Kier alpha value is -2.16. The first-order valence-corrected chi connectivity index (χ1v) is 6.78. The molecule has 0 saturated heterocycles. The van der Waals surface area contributed by atoms with Gasteiger partial charge in [0.15, 0.2) is 0 Å². The SMILES string of the molecule is CC(C)c1ccc(-c2ccc3c(cnn3C)c2)cc1F. The lowest BCUT2D eigenvalue weighted by Gasteiger charge is -2.09. The van der Waals surface area contributed by atoms with Crippen molar-refractivity contribution in [3.63, 3.8) is 0 Å². The van der Waals surface area contributed by atoms with E-state index in [1.165, 1.54) is 0 Å². The van der Waals surface area contributed by atoms with E-state index in [2.05, 4.69) is 5.10 Å². The number of nitrogens with zero attached hydrogens (tertiary/aromatic N) is 2. The van der Waals surface area contributed by atoms with E-state index in [9.17, 15) is 4.39 Å². The van der Waals surface area contributed by atoms with Gasteiger partial charge in [0.05, 0.1) is 11.7 Å². The van der Waals surface area contributed by atoms with Crippen LogP contribution in [-0.2, 0) is 7.05 Å². The summed E-state index contributed by atoms with van der Waals surface area (Å²) in [5.74, 6) is 0.0636. The van der Waals surface area contributed by atoms with Gasteiger partial charge in [-0.2, -0.15) is 5.10 Å². The third-order valence-corrected chi connectivity index (χ3v) is 3.70. The molecule has 0 spiro atoms. The van der Waals surface area contributed by atoms with Crippen LogP contribution in [-0.4, -0.2) is 9.78 Å². The van der Waals surface area contributed by atoms with Gasteiger partial charge in [0.2, 0.25) is 0 Å². The Morgan fingerprint density at radius 1 is 1.05 bits per heavy atom. The predicted octanol–water partition coefficient (Wildman–Crippen LogP) is 4.50. The second-order valence-electron chi connectivity index (χ2n) is 5.43. The lowest BCUT2D eigenvalue weighted by atomic mass is 9.97. The molecule has 1 aromatic heterocycles. The number of fused-ring (bicyclic) bond motifs is 1. The summed E-state index contributed by atoms with van der Waals surface area (Å²) < 4.78 is 15.9. The minimum Gasteiger partial charge on any atom is -0.268 e. The van der Waals surface area contributed by atoms with Crippen LogP contribution in [0.2, 0.25) is 0 Å². The summed E-state index contributed by atoms with van der Waals surface area (Å²) in [4.78, 5) is 0. The normalized spacial score (nSPS) is 11.4. The first-order chi connectivity index (χ1) is 9.56. The highest BCUT2D eigenvalue weighted by Crippen LogP contribution is 2.27. The van der Waals surface area contributed by atoms with Crippen LogP contribution in [0.3, 0.4) is 0 Å². The number of aromatic nitrogens is 2. The zero-order valence-electron chi connectivity index (χ0n) is 11.9. The predicted molar refractivity (Wildman–Crippen MR) is 80.2 cm³/mol. The summed E-state index contributed by atoms with van der Waals surface area (Å²) in [5, 5.41) is 5.30. The summed E-state index contributed by atoms with van der Waals surface area (Å²) in [6.07, 6.45) is 1.83. The number of aryl methyl sites for hydroxylation is 1. The van der Waals surface area contributed by atoms with Gasteiger partial charge in [-0.15, -0.1) is 0 Å². The second kappa shape index (κ2) is 4.75. The van der Waals surface area contributed by atoms with Gasteiger partial charge < -0.3 is 0 Å². The molecule has 2 nitrogen and oxygen atoms in total. The first-order valence-electron chi connectivity index (χ1n) is 6.78. The molecule has 0 saturated carbocycles. The number of hydrogen-bond acceptors (Lipinski definition) is 1. The van der Waals surface area contributed by atoms with Crippen molar-refractivity contribution in [1.29, 1.82) is 0 Å². The zero-order valence-corrected chi connectivity index (χ0v) is 11.9. The fraction of sp³-hybridized carbons (Fsp3) is 0.235. The third kappa shape index (κ3) is 2.09. The fourth-order valence-corrected chi connectivity index (χ4v) is 2.52. The highest BCUT2D eigenvalue weighted by atomic mass is 19.1. The van der Waals surface area contributed by atoms with E-state index in [0.29, 0.717) is 0 Å². The summed E-state index contributed by atoms with van der Waals surface area (Å²) in [5.41, 5.74) is 3.75. The third-order valence-electron chi connectivity index (χ3n) is 3.70. The minimum atomic E-state index is -0.135. The second-order valence-corrected chi connectivity index (χ2v) is 5.43. The van der Waals surface area contributed by atoms with Crippen molar-refractivity contribution in [2.45, 2.75) is 19.8 Å². The molecule has 0 aliphatic rings. The Bertz CT molecular complexity index is 772. The molecule has 3 rings (SSSR count). The van der Waals surface area contributed by atoms with Crippen LogP contribution in [0.25, 0.3) is 22.0 Å². The van der Waals surface area contributed by atoms with Crippen LogP contribution >= 0.6 is 0 Å². The van der Waals surface area contributed by atoms with Gasteiger partial charge in [-0.1, -0.05) is 32.0 Å². The molecular weight excluding hydrogens is 251 g/mol. The molecule has 102 valence electrons. The van der Waals surface area contributed by atoms with E-state index < -0.39 is 0 Å². The molecule has 0 N–H and O–H groups in total. The molecule has 0 radical (unpaired) electrons. The summed E-state index contributed by atoms with van der Waals surface area (Å²) >= 11 is 0. The molecule has 0 fully saturated rings. The monoisotopic (exact) mass is 268 g/mol. The largest absolute Gasteiger partial charge is 0.268 e. The smallest absolute Gasteiger partial charge is 0.127 e. The Morgan fingerprint density at radius 3 is 2.45 bits per heavy atom. The highest BCUT2D eigenvalue weighted by molar-refractivity contribution is 5.84. The van der Waals surface area contributed by atoms with Gasteiger partial charge in [0.1, 0.15) is 5.82 Å². The van der Waals surface area contributed by atoms with Gasteiger partial charge in [0.25, 0.3) is 0 Å². The molecule has 3 aromatic rings. The molecule has 1 heterocycles. The number of hydrogen-bond donors (Lipinski definition) is 0. The molecule has 3 heteroatoms. The van der Waals surface area contributed by atoms with E-state index >= 15 is 0 Å². The maximum Gasteiger partial charge on any atom is 0.127 e. The minimum absolute atomic E-state index is 0.135. The van der Waals surface area contributed by atoms with Crippen molar-refractivity contribution in [1.82, 2.24) is 9.78 Å². The van der Waals surface area contributed by atoms with E-state index in [1.54, 1.807) is 6.07 Å². The van der Waals surface area contributed by atoms with Crippen LogP contribution in [0.15, 0.2) is 42.6 Å². The average molecular weight is 268 g/mol. The number of rotatable bonds is 2. The Kier molecular flexibility index (Phi) is 3.05. The van der Waals surface area contributed by atoms with Crippen molar-refractivity contribution in [3.8, 4) is 11.1 Å². The van der Waals surface area contributed by atoms with E-state index in [4.69, 9.17) is 0 Å². The lowest BCUT2D eigenvalue weighted by molar-refractivity contribution is 0.599. The number of halogens is 1. The zero-order chi connectivity index (χ0) is 14.3. The average Bonchev–Trinajstić information content (AvgIpc) is 2.79. The van der Waals surface area contributed by atoms with Gasteiger partial charge in [-0.25, -0.2) is 4.39 Å². The Morgan fingerprint density at radius 2 is 1.75 bits per heavy atom. The van der Waals surface area contributed by atoms with Crippen molar-refractivity contribution < 1.29 is 4.39 Å². The fourth-order valence-electron chi connectivity index (χ4n) is 2.52. The van der Waals surface area contributed by atoms with Crippen LogP contribution in [0.4, 0.5) is 4.39 Å². The molecule has 0 aliphatic heterocycles. The molecule has 0 aliphatic carbocycles. The topological polar surface area (TPSA) is 17.8 Å². The van der Waals surface area contributed by atoms with Crippen LogP contribution in [0, 0.1) is 5.82 Å². The molecule has 0 amide bonds. The van der Waals surface area contributed by atoms with Gasteiger partial charge in [-0.05, 0) is 40.8 Å². The van der Waals surface area contributed by atoms with Crippen molar-refractivity contribution in [2.75, 3.05) is 0 Å². The van der Waals surface area contributed by atoms with Crippen molar-refractivity contribution in [2.24, 2.45) is 7.05 Å². The summed E-state index contributed by atoms with van der Waals surface area (Å²) in [6, 6.07) is 11.6. The van der Waals surface area contributed by atoms with Gasteiger partial charge >= 0.3 is 0 Å². The maximum atomic E-state index is 14.1. The maximum absolute atomic E-state index is 14.1.